The van der Waals surface area contributed by atoms with E-state index in [2.05, 4.69) is 44.9 Å². The number of nitrogens with one attached hydrogen (secondary N) is 4. The minimum absolute atomic E-state index is 0.120. The number of likely N-dealkylation sites (tertiary alicyclic amines) is 2. The van der Waals surface area contributed by atoms with Crippen LogP contribution in [0.3, 0.4) is 0 Å². The van der Waals surface area contributed by atoms with Crippen molar-refractivity contribution in [1.29, 1.82) is 0 Å². The van der Waals surface area contributed by atoms with Gasteiger partial charge in [-0.25, -0.2) is 16.8 Å². The summed E-state index contributed by atoms with van der Waals surface area (Å²) < 4.78 is 66.4. The number of amides is 4. The standard InChI is InChI=1S/C50H74N8O10S2/c1-37(51-5)47(59)53-45(49(61)57-29-19-25-43(57)35-55(69(7,63)64)31-27-41-21-13-11-14-22-41)39(3)67-33-17-9-10-18-34-68-40(4)46(54-48(60)38(2)52-6)50(62)58-30-20-26-44(58)36-56(70(8,65)66)32-28-42-23-15-12-16-24-42/h11-16,21-24,37-40,43-46,51-52H,19-20,25-36H2,1-8H3,(H,53,59)(H,54,60)/t37-,38-,39+,40+,43-,44-,45-,46-/m0/s1. The molecule has 8 atom stereocenters. The Kier molecular flexibility index (Phi) is 23.3. The number of sulfonamides is 2. The molecule has 0 spiro atoms. The zero-order valence-corrected chi connectivity index (χ0v) is 43.6. The lowest BCUT2D eigenvalue weighted by Crippen LogP contribution is -2.58. The van der Waals surface area contributed by atoms with Crippen LogP contribution in [-0.4, -0.2) is 186 Å². The summed E-state index contributed by atoms with van der Waals surface area (Å²) >= 11 is 0. The monoisotopic (exact) mass is 1010 g/mol. The highest BCUT2D eigenvalue weighted by Gasteiger charge is 2.40. The normalized spacial score (nSPS) is 18.7. The van der Waals surface area contributed by atoms with Crippen molar-refractivity contribution in [3.63, 3.8) is 0 Å². The van der Waals surface area contributed by atoms with E-state index in [1.807, 2.05) is 60.7 Å². The number of ether oxygens (including phenoxy) is 2. The Morgan fingerprint density at radius 2 is 0.986 bits per heavy atom. The van der Waals surface area contributed by atoms with Crippen molar-refractivity contribution in [3.8, 4) is 23.7 Å². The molecule has 70 heavy (non-hydrogen) atoms. The van der Waals surface area contributed by atoms with E-state index in [1.165, 1.54) is 21.1 Å². The molecule has 0 bridgehead atoms. The van der Waals surface area contributed by atoms with Gasteiger partial charge in [-0.05, 0) is 103 Å². The van der Waals surface area contributed by atoms with E-state index in [0.29, 0.717) is 51.6 Å². The lowest BCUT2D eigenvalue weighted by molar-refractivity contribution is -0.141. The molecule has 4 rings (SSSR count). The molecule has 2 fully saturated rings. The molecule has 2 saturated heterocycles. The largest absolute Gasteiger partial charge is 0.363 e. The molecule has 0 aromatic heterocycles. The van der Waals surface area contributed by atoms with Gasteiger partial charge in [-0.2, -0.15) is 8.61 Å². The minimum atomic E-state index is -3.60. The van der Waals surface area contributed by atoms with Crippen molar-refractivity contribution >= 4 is 43.7 Å². The first-order valence-corrected chi connectivity index (χ1v) is 27.7. The molecular formula is C50H74N8O10S2. The number of carbonyl (C=O) groups excluding carboxylic acids is 4. The topological polar surface area (TPSA) is 216 Å². The third kappa shape index (κ3) is 18.1. The molecule has 386 valence electrons. The summed E-state index contributed by atoms with van der Waals surface area (Å²) in [4.78, 5) is 58.0. The summed E-state index contributed by atoms with van der Waals surface area (Å²) in [5, 5.41) is 11.4. The van der Waals surface area contributed by atoms with Crippen LogP contribution in [0.1, 0.15) is 64.5 Å². The van der Waals surface area contributed by atoms with Gasteiger partial charge in [0.1, 0.15) is 25.3 Å². The van der Waals surface area contributed by atoms with Crippen LogP contribution < -0.4 is 21.3 Å². The quantitative estimate of drug-likeness (QED) is 0.0972. The Morgan fingerprint density at radius 1 is 0.629 bits per heavy atom. The Morgan fingerprint density at radius 3 is 1.31 bits per heavy atom. The Bertz CT molecular complexity index is 2210. The van der Waals surface area contributed by atoms with Crippen LogP contribution in [0.2, 0.25) is 0 Å². The number of carbonyl (C=O) groups is 4. The maximum Gasteiger partial charge on any atom is 0.248 e. The third-order valence-electron chi connectivity index (χ3n) is 12.9. The lowest BCUT2D eigenvalue weighted by Gasteiger charge is -2.34. The summed E-state index contributed by atoms with van der Waals surface area (Å²) in [7, 11) is -3.93. The van der Waals surface area contributed by atoms with Crippen LogP contribution in [0.25, 0.3) is 0 Å². The van der Waals surface area contributed by atoms with E-state index in [4.69, 9.17) is 9.47 Å². The van der Waals surface area contributed by atoms with Gasteiger partial charge in [-0.3, -0.25) is 19.2 Å². The number of nitrogens with zero attached hydrogens (tertiary/aromatic N) is 4. The first-order valence-electron chi connectivity index (χ1n) is 24.0. The van der Waals surface area contributed by atoms with Crippen molar-refractivity contribution in [1.82, 2.24) is 39.7 Å². The first-order chi connectivity index (χ1) is 33.2. The van der Waals surface area contributed by atoms with E-state index >= 15 is 0 Å². The molecule has 18 nitrogen and oxygen atoms in total. The highest BCUT2D eigenvalue weighted by atomic mass is 32.2. The van der Waals surface area contributed by atoms with Gasteiger partial charge < -0.3 is 40.5 Å². The highest BCUT2D eigenvalue weighted by molar-refractivity contribution is 7.88. The molecule has 0 aliphatic carbocycles. The summed E-state index contributed by atoms with van der Waals surface area (Å²) in [5.41, 5.74) is 2.00. The van der Waals surface area contributed by atoms with E-state index in [-0.39, 0.29) is 51.2 Å². The predicted molar refractivity (Wildman–Crippen MR) is 270 cm³/mol. The molecule has 2 aromatic carbocycles. The number of likely N-dealkylation sites (N-methyl/N-ethyl adjacent to an activating group) is 2. The zero-order valence-electron chi connectivity index (χ0n) is 42.0. The van der Waals surface area contributed by atoms with Crippen LogP contribution in [0.15, 0.2) is 60.7 Å². The third-order valence-corrected chi connectivity index (χ3v) is 15.4. The molecule has 4 N–H and O–H groups in total. The maximum absolute atomic E-state index is 14.2. The fourth-order valence-corrected chi connectivity index (χ4v) is 10.0. The van der Waals surface area contributed by atoms with Crippen LogP contribution in [0, 0.1) is 23.7 Å². The molecule has 0 saturated carbocycles. The molecule has 20 heteroatoms. The second-order valence-corrected chi connectivity index (χ2v) is 22.0. The minimum Gasteiger partial charge on any atom is -0.363 e. The van der Waals surface area contributed by atoms with Gasteiger partial charge >= 0.3 is 0 Å². The Hall–Kier alpha value is -4.90. The fourth-order valence-electron chi connectivity index (χ4n) is 8.32. The summed E-state index contributed by atoms with van der Waals surface area (Å²) in [6.07, 6.45) is 4.25. The number of hydrogen-bond donors (Lipinski definition) is 4. The van der Waals surface area contributed by atoms with Gasteiger partial charge in [0.05, 0.1) is 36.8 Å². The van der Waals surface area contributed by atoms with Gasteiger partial charge in [-0.15, -0.1) is 0 Å². The number of hydrogen-bond acceptors (Lipinski definition) is 12. The molecule has 0 unspecified atom stereocenters. The van der Waals surface area contributed by atoms with E-state index < -0.39 is 80.3 Å². The molecule has 2 aromatic rings. The van der Waals surface area contributed by atoms with Gasteiger partial charge in [0.2, 0.25) is 43.7 Å². The number of benzene rings is 2. The molecule has 4 amide bonds. The van der Waals surface area contributed by atoms with Crippen LogP contribution >= 0.6 is 0 Å². The van der Waals surface area contributed by atoms with Crippen LogP contribution in [0.4, 0.5) is 0 Å². The lowest BCUT2D eigenvalue weighted by atomic mass is 10.1. The van der Waals surface area contributed by atoms with Crippen LogP contribution in [-0.2, 0) is 61.5 Å². The summed E-state index contributed by atoms with van der Waals surface area (Å²) in [6.45, 7) is 7.93. The van der Waals surface area contributed by atoms with Gasteiger partial charge in [-0.1, -0.05) is 72.5 Å². The average Bonchev–Trinajstić information content (AvgIpc) is 4.02. The van der Waals surface area contributed by atoms with Crippen molar-refractivity contribution in [2.75, 3.05) is 79.1 Å². The first kappa shape index (κ1) is 57.7. The number of rotatable bonds is 26. The Balaban J connectivity index is 1.38. The van der Waals surface area contributed by atoms with Gasteiger partial charge in [0, 0.05) is 51.4 Å². The molecular weight excluding hydrogens is 937 g/mol. The predicted octanol–water partition coefficient (Wildman–Crippen LogP) is 0.979. The summed E-state index contributed by atoms with van der Waals surface area (Å²) in [5.74, 6) is 9.44. The van der Waals surface area contributed by atoms with Crippen molar-refractivity contribution in [2.45, 2.75) is 115 Å². The highest BCUT2D eigenvalue weighted by Crippen LogP contribution is 2.24. The SMILES string of the molecule is CN[C@@H](C)C(=O)N[C@H](C(=O)N1CCC[C@H]1CN(CCc1ccccc1)S(C)(=O)=O)[C@@H](C)OCC#CC#CCO[C@H](C)[C@H](NC(=O)[C@H](C)NC)C(=O)N1CCC[C@H]1CN(CCc1ccccc1)S(C)(=O)=O. The van der Waals surface area contributed by atoms with Crippen molar-refractivity contribution in [3.05, 3.63) is 71.8 Å². The summed E-state index contributed by atoms with van der Waals surface area (Å²) in [6, 6.07) is 15.0. The second-order valence-electron chi connectivity index (χ2n) is 18.0. The van der Waals surface area contributed by atoms with E-state index in [1.54, 1.807) is 51.6 Å². The average molecular weight is 1010 g/mol. The van der Waals surface area contributed by atoms with E-state index in [0.717, 1.165) is 11.1 Å². The van der Waals surface area contributed by atoms with E-state index in [9.17, 15) is 36.0 Å². The second kappa shape index (κ2) is 28.2. The molecule has 2 aliphatic heterocycles. The van der Waals surface area contributed by atoms with Crippen molar-refractivity contribution in [2.24, 2.45) is 0 Å². The fraction of sp³-hybridized carbons (Fsp3) is 0.600. The Labute approximate surface area is 416 Å². The van der Waals surface area contributed by atoms with Crippen molar-refractivity contribution < 1.29 is 45.5 Å². The van der Waals surface area contributed by atoms with Gasteiger partial charge in [0.25, 0.3) is 0 Å². The molecule has 2 heterocycles. The van der Waals surface area contributed by atoms with Crippen LogP contribution in [0.5, 0.6) is 0 Å². The maximum atomic E-state index is 14.2. The zero-order chi connectivity index (χ0) is 51.4. The van der Waals surface area contributed by atoms with Gasteiger partial charge in [0.15, 0.2) is 0 Å². The molecule has 2 aliphatic rings. The molecule has 0 radical (unpaired) electrons. The smallest absolute Gasteiger partial charge is 0.248 e.